The molecule has 1 heterocycles. The molecule has 0 bridgehead atoms. The van der Waals surface area contributed by atoms with Crippen molar-refractivity contribution in [3.8, 4) is 11.5 Å². The molecule has 5 nitrogen and oxygen atoms in total. The van der Waals surface area contributed by atoms with Gasteiger partial charge in [-0.3, -0.25) is 14.5 Å². The predicted octanol–water partition coefficient (Wildman–Crippen LogP) is 8.71. The molecule has 0 unspecified atom stereocenters. The van der Waals surface area contributed by atoms with E-state index in [-0.39, 0.29) is 24.3 Å². The van der Waals surface area contributed by atoms with E-state index in [1.807, 2.05) is 78.9 Å². The lowest BCUT2D eigenvalue weighted by atomic mass is 10.1. The van der Waals surface area contributed by atoms with Crippen molar-refractivity contribution in [3.05, 3.63) is 109 Å². The molecule has 0 saturated carbocycles. The Morgan fingerprint density at radius 2 is 1.61 bits per heavy atom. The highest BCUT2D eigenvalue weighted by Crippen LogP contribution is 2.38. The van der Waals surface area contributed by atoms with Crippen LogP contribution < -0.4 is 9.47 Å². The van der Waals surface area contributed by atoms with Crippen molar-refractivity contribution in [2.24, 2.45) is 0 Å². The zero-order valence-electron chi connectivity index (χ0n) is 19.8. The summed E-state index contributed by atoms with van der Waals surface area (Å²) in [6, 6.07) is 24.9. The summed E-state index contributed by atoms with van der Waals surface area (Å²) in [7, 11) is 0. The van der Waals surface area contributed by atoms with Gasteiger partial charge in [0.25, 0.3) is 11.1 Å². The molecule has 4 aromatic rings. The van der Waals surface area contributed by atoms with Gasteiger partial charge in [-0.05, 0) is 96.5 Å². The number of benzene rings is 4. The molecule has 1 saturated heterocycles. The topological polar surface area (TPSA) is 55.8 Å². The van der Waals surface area contributed by atoms with Crippen molar-refractivity contribution in [2.45, 2.75) is 6.61 Å². The molecule has 192 valence electrons. The van der Waals surface area contributed by atoms with Gasteiger partial charge in [-0.15, -0.1) is 0 Å². The van der Waals surface area contributed by atoms with Gasteiger partial charge in [0, 0.05) is 10.4 Å². The third-order valence-electron chi connectivity index (χ3n) is 5.81. The third-order valence-corrected chi connectivity index (χ3v) is 8.15. The Morgan fingerprint density at radius 1 is 0.895 bits per heavy atom. The summed E-state index contributed by atoms with van der Waals surface area (Å²) in [5, 5.41) is 2.41. The van der Waals surface area contributed by atoms with Crippen LogP contribution in [0.4, 0.5) is 4.79 Å². The number of imide groups is 1. The first kappa shape index (κ1) is 26.8. The highest BCUT2D eigenvalue weighted by atomic mass is 79.9. The Bertz CT molecular complexity index is 1530. The average molecular weight is 674 g/mol. The molecular formula is C29H20Br2ClNO4S. The van der Waals surface area contributed by atoms with E-state index in [2.05, 4.69) is 31.9 Å². The molecular weight excluding hydrogens is 654 g/mol. The van der Waals surface area contributed by atoms with Crippen LogP contribution in [0, 0.1) is 0 Å². The Labute approximate surface area is 246 Å². The quantitative estimate of drug-likeness (QED) is 0.175. The van der Waals surface area contributed by atoms with E-state index in [1.165, 1.54) is 4.90 Å². The molecule has 9 heteroatoms. The number of carbonyl (C=O) groups is 2. The Morgan fingerprint density at radius 3 is 2.37 bits per heavy atom. The number of nitrogens with zero attached hydrogens (tertiary/aromatic N) is 1. The molecule has 2 amide bonds. The largest absolute Gasteiger partial charge is 0.491 e. The van der Waals surface area contributed by atoms with E-state index in [0.717, 1.165) is 48.4 Å². The van der Waals surface area contributed by atoms with Gasteiger partial charge in [-0.1, -0.05) is 60.1 Å². The minimum absolute atomic E-state index is 0.163. The maximum Gasteiger partial charge on any atom is 0.293 e. The fourth-order valence-corrected chi connectivity index (χ4v) is 6.39. The van der Waals surface area contributed by atoms with Crippen LogP contribution >= 0.6 is 55.2 Å². The first-order valence-corrected chi connectivity index (χ1v) is 14.4. The number of thioether (sulfide) groups is 1. The second-order valence-corrected chi connectivity index (χ2v) is 11.5. The molecule has 1 aliphatic heterocycles. The van der Waals surface area contributed by atoms with E-state index in [0.29, 0.717) is 22.3 Å². The highest BCUT2D eigenvalue weighted by Gasteiger charge is 2.35. The van der Waals surface area contributed by atoms with E-state index >= 15 is 0 Å². The summed E-state index contributed by atoms with van der Waals surface area (Å²) >= 11 is 14.0. The van der Waals surface area contributed by atoms with E-state index in [1.54, 1.807) is 6.08 Å². The van der Waals surface area contributed by atoms with Crippen LogP contribution in [-0.2, 0) is 11.4 Å². The third kappa shape index (κ3) is 6.10. The van der Waals surface area contributed by atoms with Crippen LogP contribution in [0.5, 0.6) is 11.5 Å². The van der Waals surface area contributed by atoms with Crippen molar-refractivity contribution in [3.63, 3.8) is 0 Å². The molecule has 0 atom stereocenters. The summed E-state index contributed by atoms with van der Waals surface area (Å²) in [4.78, 5) is 27.2. The van der Waals surface area contributed by atoms with Crippen molar-refractivity contribution in [2.75, 3.05) is 13.2 Å². The van der Waals surface area contributed by atoms with Gasteiger partial charge in [0.05, 0.1) is 20.4 Å². The second kappa shape index (κ2) is 11.9. The molecule has 0 radical (unpaired) electrons. The van der Waals surface area contributed by atoms with Crippen LogP contribution in [0.2, 0.25) is 5.02 Å². The van der Waals surface area contributed by atoms with E-state index in [9.17, 15) is 9.59 Å². The lowest BCUT2D eigenvalue weighted by Crippen LogP contribution is -2.32. The normalized spacial score (nSPS) is 14.5. The minimum Gasteiger partial charge on any atom is -0.491 e. The van der Waals surface area contributed by atoms with E-state index < -0.39 is 0 Å². The zero-order chi connectivity index (χ0) is 26.6. The molecule has 5 rings (SSSR count). The number of carbonyl (C=O) groups excluding carboxylic acids is 2. The van der Waals surface area contributed by atoms with Gasteiger partial charge < -0.3 is 9.47 Å². The SMILES string of the molecule is O=C1S/C(=C\c2cc(Br)c(OCc3ccc(Cl)cc3)c(Br)c2)C(=O)N1CCOc1cccc2ccccc12. The van der Waals surface area contributed by atoms with Gasteiger partial charge >= 0.3 is 0 Å². The molecule has 4 aromatic carbocycles. The Kier molecular flexibility index (Phi) is 8.43. The van der Waals surface area contributed by atoms with Gasteiger partial charge in [0.1, 0.15) is 24.7 Å². The summed E-state index contributed by atoms with van der Waals surface area (Å²) in [5.41, 5.74) is 1.73. The lowest BCUT2D eigenvalue weighted by molar-refractivity contribution is -0.123. The highest BCUT2D eigenvalue weighted by molar-refractivity contribution is 9.11. The second-order valence-electron chi connectivity index (χ2n) is 8.39. The molecule has 0 aromatic heterocycles. The molecule has 1 fully saturated rings. The van der Waals surface area contributed by atoms with Gasteiger partial charge in [0.15, 0.2) is 0 Å². The summed E-state index contributed by atoms with van der Waals surface area (Å²) in [6.07, 6.45) is 1.70. The summed E-state index contributed by atoms with van der Waals surface area (Å²) in [6.45, 7) is 0.736. The fourth-order valence-electron chi connectivity index (χ4n) is 3.95. The number of rotatable bonds is 8. The van der Waals surface area contributed by atoms with Crippen LogP contribution in [0.25, 0.3) is 16.8 Å². The maximum atomic E-state index is 13.0. The van der Waals surface area contributed by atoms with Crippen molar-refractivity contribution in [1.29, 1.82) is 0 Å². The molecule has 0 aliphatic carbocycles. The smallest absolute Gasteiger partial charge is 0.293 e. The van der Waals surface area contributed by atoms with Gasteiger partial charge in [-0.2, -0.15) is 0 Å². The maximum absolute atomic E-state index is 13.0. The monoisotopic (exact) mass is 671 g/mol. The van der Waals surface area contributed by atoms with E-state index in [4.69, 9.17) is 21.1 Å². The number of halogens is 3. The number of amides is 2. The first-order chi connectivity index (χ1) is 18.4. The van der Waals surface area contributed by atoms with Crippen LogP contribution in [-0.4, -0.2) is 29.2 Å². The molecule has 0 spiro atoms. The standard InChI is InChI=1S/C29H20Br2ClNO4S/c30-23-14-19(15-24(31)27(23)37-17-18-8-10-21(32)11-9-18)16-26-28(34)33(29(35)38-26)12-13-36-25-7-3-5-20-4-1-2-6-22(20)25/h1-11,14-16H,12-13,17H2/b26-16-. The first-order valence-electron chi connectivity index (χ1n) is 11.6. The van der Waals surface area contributed by atoms with Gasteiger partial charge in [0.2, 0.25) is 0 Å². The Hall–Kier alpha value is -2.78. The fraction of sp³-hybridized carbons (Fsp3) is 0.103. The predicted molar refractivity (Wildman–Crippen MR) is 160 cm³/mol. The molecule has 1 aliphatic rings. The summed E-state index contributed by atoms with van der Waals surface area (Å²) < 4.78 is 13.3. The van der Waals surface area contributed by atoms with Gasteiger partial charge in [-0.25, -0.2) is 0 Å². The zero-order valence-corrected chi connectivity index (χ0v) is 24.6. The number of fused-ring (bicyclic) bond motifs is 1. The van der Waals surface area contributed by atoms with Crippen LogP contribution in [0.15, 0.2) is 92.7 Å². The Balaban J connectivity index is 1.24. The number of hydrogen-bond donors (Lipinski definition) is 0. The van der Waals surface area contributed by atoms with Crippen molar-refractivity contribution in [1.82, 2.24) is 4.90 Å². The number of hydrogen-bond acceptors (Lipinski definition) is 5. The lowest BCUT2D eigenvalue weighted by Gasteiger charge is -2.14. The molecule has 38 heavy (non-hydrogen) atoms. The number of ether oxygens (including phenoxy) is 2. The minimum atomic E-state index is -0.336. The van der Waals surface area contributed by atoms with Crippen molar-refractivity contribution >= 4 is 83.2 Å². The molecule has 0 N–H and O–H groups in total. The van der Waals surface area contributed by atoms with Crippen LogP contribution in [0.3, 0.4) is 0 Å². The van der Waals surface area contributed by atoms with Crippen molar-refractivity contribution < 1.29 is 19.1 Å². The average Bonchev–Trinajstić information content (AvgIpc) is 3.16. The summed E-state index contributed by atoms with van der Waals surface area (Å²) in [5.74, 6) is 1.02. The van der Waals surface area contributed by atoms with Crippen LogP contribution in [0.1, 0.15) is 11.1 Å².